The molecule has 3 nitrogen and oxygen atoms in total. The van der Waals surface area contributed by atoms with Gasteiger partial charge in [-0.25, -0.2) is 4.39 Å². The van der Waals surface area contributed by atoms with Crippen molar-refractivity contribution in [2.24, 2.45) is 5.73 Å². The van der Waals surface area contributed by atoms with E-state index < -0.39 is 5.82 Å². The van der Waals surface area contributed by atoms with Gasteiger partial charge in [0.2, 0.25) is 0 Å². The van der Waals surface area contributed by atoms with Crippen LogP contribution in [0.4, 0.5) is 4.39 Å². The number of nitrogen functional groups attached to an aromatic ring is 1. The lowest BCUT2D eigenvalue weighted by Crippen LogP contribution is -2.14. The molecule has 2 aromatic rings. The lowest BCUT2D eigenvalue weighted by atomic mass is 10.1. The molecule has 0 amide bonds. The number of nitrogens with two attached hydrogens (primary N) is 1. The lowest BCUT2D eigenvalue weighted by molar-refractivity contribution is 0.122. The molecule has 0 atom stereocenters. The summed E-state index contributed by atoms with van der Waals surface area (Å²) in [5.41, 5.74) is 5.86. The van der Waals surface area contributed by atoms with Crippen LogP contribution in [-0.2, 0) is 17.8 Å². The summed E-state index contributed by atoms with van der Waals surface area (Å²) in [6.07, 6.45) is 0.825. The fraction of sp³-hybridized carbons (Fsp3) is 0.214. The molecule has 0 saturated carbocycles. The van der Waals surface area contributed by atoms with Crippen molar-refractivity contribution in [1.82, 2.24) is 0 Å². The number of thiophene rings is 1. The first-order valence-electron chi connectivity index (χ1n) is 5.90. The normalized spacial score (nSPS) is 10.6. The van der Waals surface area contributed by atoms with Crippen molar-refractivity contribution in [2.75, 3.05) is 6.61 Å². The maximum Gasteiger partial charge on any atom is 0.139 e. The fourth-order valence-corrected chi connectivity index (χ4v) is 2.40. The van der Waals surface area contributed by atoms with Gasteiger partial charge in [-0.3, -0.25) is 5.41 Å². The van der Waals surface area contributed by atoms with Crippen LogP contribution in [0.15, 0.2) is 35.7 Å². The van der Waals surface area contributed by atoms with E-state index in [0.29, 0.717) is 12.2 Å². The number of hydrogen-bond acceptors (Lipinski definition) is 3. The third kappa shape index (κ3) is 3.62. The highest BCUT2D eigenvalue weighted by Gasteiger charge is 2.09. The zero-order chi connectivity index (χ0) is 13.7. The van der Waals surface area contributed by atoms with Gasteiger partial charge >= 0.3 is 0 Å². The highest BCUT2D eigenvalue weighted by atomic mass is 32.1. The minimum atomic E-state index is -0.467. The molecular formula is C14H15FN2OS. The monoisotopic (exact) mass is 278 g/mol. The smallest absolute Gasteiger partial charge is 0.139 e. The summed E-state index contributed by atoms with van der Waals surface area (Å²) in [4.78, 5) is 1.25. The Morgan fingerprint density at radius 1 is 1.32 bits per heavy atom. The molecule has 0 fully saturated rings. The molecule has 3 N–H and O–H groups in total. The van der Waals surface area contributed by atoms with Crippen molar-refractivity contribution in [3.05, 3.63) is 57.5 Å². The molecule has 1 aromatic carbocycles. The van der Waals surface area contributed by atoms with Crippen LogP contribution in [-0.4, -0.2) is 12.4 Å². The Kier molecular flexibility index (Phi) is 4.65. The molecule has 0 aliphatic heterocycles. The minimum absolute atomic E-state index is 0.124. The second-order valence-corrected chi connectivity index (χ2v) is 5.11. The SMILES string of the molecule is N=C(N)c1cccc(COCCc2cccs2)c1F. The second-order valence-electron chi connectivity index (χ2n) is 4.07. The van der Waals surface area contributed by atoms with Crippen LogP contribution in [0, 0.1) is 11.2 Å². The van der Waals surface area contributed by atoms with Crippen LogP contribution in [0.5, 0.6) is 0 Å². The Morgan fingerprint density at radius 3 is 2.84 bits per heavy atom. The molecule has 0 saturated heterocycles. The molecule has 0 aliphatic rings. The van der Waals surface area contributed by atoms with Crippen molar-refractivity contribution in [3.63, 3.8) is 0 Å². The summed E-state index contributed by atoms with van der Waals surface area (Å²) in [6.45, 7) is 0.739. The number of rotatable bonds is 6. The largest absolute Gasteiger partial charge is 0.384 e. The van der Waals surface area contributed by atoms with Crippen LogP contribution in [0.25, 0.3) is 0 Å². The van der Waals surface area contributed by atoms with Crippen molar-refractivity contribution >= 4 is 17.2 Å². The van der Waals surface area contributed by atoms with E-state index in [9.17, 15) is 4.39 Å². The molecule has 0 bridgehead atoms. The number of ether oxygens (including phenoxy) is 1. The first kappa shape index (κ1) is 13.7. The van der Waals surface area contributed by atoms with Crippen molar-refractivity contribution in [3.8, 4) is 0 Å². The van der Waals surface area contributed by atoms with E-state index in [1.807, 2.05) is 17.5 Å². The molecule has 19 heavy (non-hydrogen) atoms. The number of benzene rings is 1. The number of nitrogens with one attached hydrogen (secondary N) is 1. The molecule has 0 radical (unpaired) electrons. The minimum Gasteiger partial charge on any atom is -0.384 e. The third-order valence-electron chi connectivity index (χ3n) is 2.70. The van der Waals surface area contributed by atoms with Gasteiger partial charge in [0.05, 0.1) is 18.8 Å². The third-order valence-corrected chi connectivity index (χ3v) is 3.64. The average molecular weight is 278 g/mol. The standard InChI is InChI=1S/C14H15FN2OS/c15-13-10(3-1-5-12(13)14(16)17)9-18-7-6-11-4-2-8-19-11/h1-5,8H,6-7,9H2,(H3,16,17). The maximum atomic E-state index is 13.9. The summed E-state index contributed by atoms with van der Waals surface area (Å²) in [6, 6.07) is 8.86. The zero-order valence-corrected chi connectivity index (χ0v) is 11.2. The summed E-state index contributed by atoms with van der Waals surface area (Å²) in [5, 5.41) is 9.30. The summed E-state index contributed by atoms with van der Waals surface area (Å²) in [5.74, 6) is -0.732. The Balaban J connectivity index is 1.89. The highest BCUT2D eigenvalue weighted by Crippen LogP contribution is 2.14. The Hall–Kier alpha value is -1.72. The first-order valence-corrected chi connectivity index (χ1v) is 6.78. The average Bonchev–Trinajstić information content (AvgIpc) is 2.89. The molecule has 100 valence electrons. The van der Waals surface area contributed by atoms with E-state index in [1.165, 1.54) is 10.9 Å². The van der Waals surface area contributed by atoms with Crippen LogP contribution in [0.1, 0.15) is 16.0 Å². The number of amidine groups is 1. The highest BCUT2D eigenvalue weighted by molar-refractivity contribution is 7.09. The van der Waals surface area contributed by atoms with Gasteiger partial charge in [0.25, 0.3) is 0 Å². The Morgan fingerprint density at radius 2 is 2.16 bits per heavy atom. The topological polar surface area (TPSA) is 59.1 Å². The predicted molar refractivity (Wildman–Crippen MR) is 75.1 cm³/mol. The molecule has 1 aromatic heterocycles. The predicted octanol–water partition coefficient (Wildman–Crippen LogP) is 2.93. The van der Waals surface area contributed by atoms with E-state index in [0.717, 1.165) is 6.42 Å². The molecule has 0 aliphatic carbocycles. The second kappa shape index (κ2) is 6.45. The lowest BCUT2D eigenvalue weighted by Gasteiger charge is -2.08. The molecule has 1 heterocycles. The summed E-state index contributed by atoms with van der Waals surface area (Å²) >= 11 is 1.68. The summed E-state index contributed by atoms with van der Waals surface area (Å²) < 4.78 is 19.4. The van der Waals surface area contributed by atoms with E-state index in [1.54, 1.807) is 23.5 Å². The number of halogens is 1. The van der Waals surface area contributed by atoms with Gasteiger partial charge in [0, 0.05) is 16.9 Å². The molecule has 0 spiro atoms. The van der Waals surface area contributed by atoms with Crippen molar-refractivity contribution in [1.29, 1.82) is 5.41 Å². The number of hydrogen-bond donors (Lipinski definition) is 2. The van der Waals surface area contributed by atoms with Crippen LogP contribution in [0.2, 0.25) is 0 Å². The summed E-state index contributed by atoms with van der Waals surface area (Å²) in [7, 11) is 0. The van der Waals surface area contributed by atoms with Crippen LogP contribution >= 0.6 is 11.3 Å². The molecular weight excluding hydrogens is 263 g/mol. The van der Waals surface area contributed by atoms with Gasteiger partial charge in [0.15, 0.2) is 0 Å². The fourth-order valence-electron chi connectivity index (χ4n) is 1.71. The molecule has 5 heteroatoms. The first-order chi connectivity index (χ1) is 9.18. The van der Waals surface area contributed by atoms with Gasteiger partial charge in [-0.05, 0) is 17.5 Å². The van der Waals surface area contributed by atoms with E-state index >= 15 is 0 Å². The Bertz CT molecular complexity index is 555. The van der Waals surface area contributed by atoms with Crippen molar-refractivity contribution < 1.29 is 9.13 Å². The quantitative estimate of drug-likeness (QED) is 0.485. The Labute approximate surface area is 115 Å². The van der Waals surface area contributed by atoms with E-state index in [4.69, 9.17) is 15.9 Å². The van der Waals surface area contributed by atoms with Gasteiger partial charge in [0.1, 0.15) is 11.7 Å². The van der Waals surface area contributed by atoms with E-state index in [-0.39, 0.29) is 18.0 Å². The van der Waals surface area contributed by atoms with Crippen LogP contribution in [0.3, 0.4) is 0 Å². The zero-order valence-electron chi connectivity index (χ0n) is 10.4. The molecule has 0 unspecified atom stereocenters. The van der Waals surface area contributed by atoms with Gasteiger partial charge in [-0.15, -0.1) is 11.3 Å². The van der Waals surface area contributed by atoms with Gasteiger partial charge in [-0.1, -0.05) is 18.2 Å². The van der Waals surface area contributed by atoms with Gasteiger partial charge < -0.3 is 10.5 Å². The van der Waals surface area contributed by atoms with Gasteiger partial charge in [-0.2, -0.15) is 0 Å². The maximum absolute atomic E-state index is 13.9. The molecule has 2 rings (SSSR count). The van der Waals surface area contributed by atoms with Crippen LogP contribution < -0.4 is 5.73 Å². The van der Waals surface area contributed by atoms with Crippen molar-refractivity contribution in [2.45, 2.75) is 13.0 Å². The van der Waals surface area contributed by atoms with E-state index in [2.05, 4.69) is 0 Å².